The Morgan fingerprint density at radius 1 is 1.30 bits per heavy atom. The Bertz CT molecular complexity index is 508. The number of hydrogen-bond donors (Lipinski definition) is 1. The zero-order chi connectivity index (χ0) is 13.3. The van der Waals surface area contributed by atoms with E-state index < -0.39 is 11.9 Å². The van der Waals surface area contributed by atoms with E-state index in [4.69, 9.17) is 5.11 Å². The summed E-state index contributed by atoms with van der Waals surface area (Å²) in [7, 11) is 0. The number of hydrogen-bond acceptors (Lipinski definition) is 3. The molecule has 20 heavy (non-hydrogen) atoms. The number of carboxylic acid groups (broad SMARTS) is 1. The summed E-state index contributed by atoms with van der Waals surface area (Å²) in [6.07, 6.45) is 0.527. The number of aryl methyl sites for hydroxylation is 2. The van der Waals surface area contributed by atoms with Gasteiger partial charge in [0.25, 0.3) is 5.91 Å². The van der Waals surface area contributed by atoms with Crippen LogP contribution in [-0.4, -0.2) is 40.0 Å². The van der Waals surface area contributed by atoms with Crippen LogP contribution in [-0.2, 0) is 4.79 Å². The molecule has 0 aromatic carbocycles. The minimum absolute atomic E-state index is 0. The highest BCUT2D eigenvalue weighted by Crippen LogP contribution is 2.20. The summed E-state index contributed by atoms with van der Waals surface area (Å²) in [5, 5.41) is 8.92. The minimum Gasteiger partial charge on any atom is -0.481 e. The predicted octanol–water partition coefficient (Wildman–Crippen LogP) is 2.09. The van der Waals surface area contributed by atoms with Crippen molar-refractivity contribution in [3.05, 3.63) is 29.1 Å². The number of carboxylic acids is 1. The van der Waals surface area contributed by atoms with Crippen molar-refractivity contribution in [1.29, 1.82) is 0 Å². The van der Waals surface area contributed by atoms with Crippen LogP contribution in [0.5, 0.6) is 0 Å². The van der Waals surface area contributed by atoms with E-state index >= 15 is 0 Å². The van der Waals surface area contributed by atoms with Crippen LogP contribution in [0.15, 0.2) is 12.1 Å². The zero-order valence-corrected chi connectivity index (χ0v) is 13.0. The van der Waals surface area contributed by atoms with Gasteiger partial charge in [0, 0.05) is 18.8 Å². The third-order valence-electron chi connectivity index (χ3n) is 3.28. The van der Waals surface area contributed by atoms with Crippen molar-refractivity contribution in [2.75, 3.05) is 13.1 Å². The Kier molecular flexibility index (Phi) is 6.96. The van der Waals surface area contributed by atoms with Crippen LogP contribution in [0.4, 0.5) is 0 Å². The third-order valence-corrected chi connectivity index (χ3v) is 3.28. The predicted molar refractivity (Wildman–Crippen MR) is 79.9 cm³/mol. The number of carbonyl (C=O) groups is 2. The molecule has 1 amide bonds. The standard InChI is InChI=1S/C13H16N2O3.2ClH/c1-8-3-4-11(9(2)14-8)12(16)15-6-5-10(7-15)13(17)18;;/h3-4,10H,5-7H2,1-2H3,(H,17,18);2*1H. The van der Waals surface area contributed by atoms with E-state index in [9.17, 15) is 9.59 Å². The molecule has 0 spiro atoms. The molecule has 0 saturated carbocycles. The summed E-state index contributed by atoms with van der Waals surface area (Å²) in [4.78, 5) is 29.0. The molecule has 1 N–H and O–H groups in total. The van der Waals surface area contributed by atoms with Gasteiger partial charge in [0.2, 0.25) is 0 Å². The highest BCUT2D eigenvalue weighted by molar-refractivity contribution is 5.95. The monoisotopic (exact) mass is 320 g/mol. The number of pyridine rings is 1. The molecule has 0 aliphatic carbocycles. The third kappa shape index (κ3) is 3.84. The smallest absolute Gasteiger partial charge is 0.308 e. The SMILES string of the molecule is Cc1ccc(C(=O)N2CCC(C(=O)O)C2)c(C)n1.Cl.Cl. The number of rotatable bonds is 2. The first-order valence-electron chi connectivity index (χ1n) is 5.95. The maximum Gasteiger partial charge on any atom is 0.308 e. The molecular weight excluding hydrogens is 303 g/mol. The molecule has 1 unspecified atom stereocenters. The fraction of sp³-hybridized carbons (Fsp3) is 0.462. The lowest BCUT2D eigenvalue weighted by Gasteiger charge is -2.16. The van der Waals surface area contributed by atoms with Gasteiger partial charge in [0.15, 0.2) is 0 Å². The highest BCUT2D eigenvalue weighted by Gasteiger charge is 2.31. The second kappa shape index (κ2) is 7.45. The van der Waals surface area contributed by atoms with Gasteiger partial charge < -0.3 is 10.0 Å². The summed E-state index contributed by atoms with van der Waals surface area (Å²) in [5.41, 5.74) is 2.12. The molecule has 112 valence electrons. The number of nitrogens with zero attached hydrogens (tertiary/aromatic N) is 2. The van der Waals surface area contributed by atoms with Crippen LogP contribution in [0.1, 0.15) is 28.2 Å². The summed E-state index contributed by atoms with van der Waals surface area (Å²) in [5.74, 6) is -1.39. The number of aliphatic carboxylic acids is 1. The van der Waals surface area contributed by atoms with E-state index in [-0.39, 0.29) is 30.7 Å². The summed E-state index contributed by atoms with van der Waals surface area (Å²) >= 11 is 0. The molecule has 2 heterocycles. The molecular formula is C13H18Cl2N2O3. The summed E-state index contributed by atoms with van der Waals surface area (Å²) in [6.45, 7) is 4.47. The fourth-order valence-corrected chi connectivity index (χ4v) is 2.23. The van der Waals surface area contributed by atoms with Crippen LogP contribution in [0.2, 0.25) is 0 Å². The molecule has 1 atom stereocenters. The first-order valence-corrected chi connectivity index (χ1v) is 5.95. The lowest BCUT2D eigenvalue weighted by molar-refractivity contribution is -0.141. The molecule has 7 heteroatoms. The van der Waals surface area contributed by atoms with Crippen molar-refractivity contribution in [3.8, 4) is 0 Å². The largest absolute Gasteiger partial charge is 0.481 e. The Labute approximate surface area is 130 Å². The average Bonchev–Trinajstić information content (AvgIpc) is 2.77. The van der Waals surface area contributed by atoms with Crippen LogP contribution in [0.25, 0.3) is 0 Å². The molecule has 1 aromatic heterocycles. The lowest BCUT2D eigenvalue weighted by Crippen LogP contribution is -2.30. The van der Waals surface area contributed by atoms with Crippen LogP contribution in [0, 0.1) is 19.8 Å². The molecule has 1 saturated heterocycles. The maximum absolute atomic E-state index is 12.2. The minimum atomic E-state index is -0.830. The molecule has 1 aliphatic heterocycles. The summed E-state index contributed by atoms with van der Waals surface area (Å²) < 4.78 is 0. The van der Waals surface area contributed by atoms with Gasteiger partial charge in [0.1, 0.15) is 0 Å². The van der Waals surface area contributed by atoms with Crippen LogP contribution >= 0.6 is 24.8 Å². The molecule has 5 nitrogen and oxygen atoms in total. The second-order valence-electron chi connectivity index (χ2n) is 4.66. The number of aromatic nitrogens is 1. The number of amides is 1. The Hall–Kier alpha value is -1.33. The van der Waals surface area contributed by atoms with Gasteiger partial charge in [-0.05, 0) is 32.4 Å². The van der Waals surface area contributed by atoms with Gasteiger partial charge in [-0.15, -0.1) is 24.8 Å². The van der Waals surface area contributed by atoms with E-state index in [2.05, 4.69) is 4.98 Å². The molecule has 2 rings (SSSR count). The second-order valence-corrected chi connectivity index (χ2v) is 4.66. The molecule has 0 bridgehead atoms. The van der Waals surface area contributed by atoms with Crippen LogP contribution < -0.4 is 0 Å². The highest BCUT2D eigenvalue weighted by atomic mass is 35.5. The maximum atomic E-state index is 12.2. The van der Waals surface area contributed by atoms with Crippen LogP contribution in [0.3, 0.4) is 0 Å². The lowest BCUT2D eigenvalue weighted by atomic mass is 10.1. The zero-order valence-electron chi connectivity index (χ0n) is 11.3. The Balaban J connectivity index is 0.00000180. The Morgan fingerprint density at radius 2 is 1.95 bits per heavy atom. The van der Waals surface area contributed by atoms with E-state index in [1.807, 2.05) is 6.92 Å². The van der Waals surface area contributed by atoms with Crippen molar-refractivity contribution in [1.82, 2.24) is 9.88 Å². The van der Waals surface area contributed by atoms with Gasteiger partial charge >= 0.3 is 5.97 Å². The number of likely N-dealkylation sites (tertiary alicyclic amines) is 1. The van der Waals surface area contributed by atoms with Crippen molar-refractivity contribution in [2.24, 2.45) is 5.92 Å². The van der Waals surface area contributed by atoms with Gasteiger partial charge in [0.05, 0.1) is 17.2 Å². The van der Waals surface area contributed by atoms with Crippen molar-refractivity contribution in [2.45, 2.75) is 20.3 Å². The number of carbonyl (C=O) groups excluding carboxylic acids is 1. The van der Waals surface area contributed by atoms with Crippen molar-refractivity contribution in [3.63, 3.8) is 0 Å². The number of halogens is 2. The average molecular weight is 321 g/mol. The summed E-state index contributed by atoms with van der Waals surface area (Å²) in [6, 6.07) is 3.55. The van der Waals surface area contributed by atoms with Gasteiger partial charge in [-0.1, -0.05) is 0 Å². The molecule has 1 aliphatic rings. The molecule has 1 aromatic rings. The first-order chi connectivity index (χ1) is 8.49. The van der Waals surface area contributed by atoms with E-state index in [0.29, 0.717) is 30.8 Å². The van der Waals surface area contributed by atoms with Gasteiger partial charge in [-0.2, -0.15) is 0 Å². The topological polar surface area (TPSA) is 70.5 Å². The van der Waals surface area contributed by atoms with E-state index in [1.54, 1.807) is 24.0 Å². The van der Waals surface area contributed by atoms with E-state index in [0.717, 1.165) is 5.69 Å². The first kappa shape index (κ1) is 18.7. The fourth-order valence-electron chi connectivity index (χ4n) is 2.23. The Morgan fingerprint density at radius 3 is 2.45 bits per heavy atom. The molecule has 1 fully saturated rings. The quantitative estimate of drug-likeness (QED) is 0.905. The van der Waals surface area contributed by atoms with Gasteiger partial charge in [-0.3, -0.25) is 14.6 Å². The van der Waals surface area contributed by atoms with Crippen molar-refractivity contribution >= 4 is 36.7 Å². The van der Waals surface area contributed by atoms with E-state index in [1.165, 1.54) is 0 Å². The normalized spacial score (nSPS) is 17.1. The van der Waals surface area contributed by atoms with Crippen molar-refractivity contribution < 1.29 is 14.7 Å². The molecule has 0 radical (unpaired) electrons. The van der Waals surface area contributed by atoms with Gasteiger partial charge in [-0.25, -0.2) is 0 Å².